The second kappa shape index (κ2) is 3.13. The maximum absolute atomic E-state index is 5.85. The highest BCUT2D eigenvalue weighted by atomic mass is 35.5. The van der Waals surface area contributed by atoms with Gasteiger partial charge in [0, 0.05) is 5.39 Å². The summed E-state index contributed by atoms with van der Waals surface area (Å²) in [5.74, 6) is 0. The molecule has 66 valence electrons. The fraction of sp³-hybridized carbons (Fsp3) is 0.111. The van der Waals surface area contributed by atoms with Gasteiger partial charge in [0.2, 0.25) is 0 Å². The zero-order valence-corrected chi connectivity index (χ0v) is 8.39. The number of hydrogen-bond donors (Lipinski definition) is 0. The van der Waals surface area contributed by atoms with Crippen LogP contribution in [0.4, 0.5) is 0 Å². The normalized spacial score (nSPS) is 10.7. The molecule has 0 atom stereocenters. The number of aryl methyl sites for hydroxylation is 1. The molecule has 0 bridgehead atoms. The van der Waals surface area contributed by atoms with Crippen LogP contribution in [0.15, 0.2) is 18.2 Å². The zero-order valence-electron chi connectivity index (χ0n) is 6.88. The predicted octanol–water partition coefficient (Wildman–Crippen LogP) is 3.25. The van der Waals surface area contributed by atoms with E-state index in [1.165, 1.54) is 0 Å². The molecule has 2 aromatic heterocycles. The van der Waals surface area contributed by atoms with Gasteiger partial charge in [0.25, 0.3) is 0 Å². The molecule has 0 saturated carbocycles. The van der Waals surface area contributed by atoms with E-state index in [-0.39, 0.29) is 0 Å². The van der Waals surface area contributed by atoms with E-state index >= 15 is 0 Å². The Labute approximate surface area is 85.5 Å². The molecule has 13 heavy (non-hydrogen) atoms. The molecule has 0 aliphatic rings. The maximum atomic E-state index is 5.85. The monoisotopic (exact) mass is 212 g/mol. The Balaban J connectivity index is 2.81. The van der Waals surface area contributed by atoms with Gasteiger partial charge in [-0.1, -0.05) is 23.2 Å². The lowest BCUT2D eigenvalue weighted by molar-refractivity contribution is 1.25. The molecular formula is C9H6Cl2N2. The molecule has 2 heterocycles. The summed E-state index contributed by atoms with van der Waals surface area (Å²) in [7, 11) is 0. The van der Waals surface area contributed by atoms with E-state index in [2.05, 4.69) is 9.97 Å². The number of aromatic nitrogens is 2. The average Bonchev–Trinajstić information content (AvgIpc) is 2.08. The van der Waals surface area contributed by atoms with Gasteiger partial charge in [-0.25, -0.2) is 9.97 Å². The first-order valence-corrected chi connectivity index (χ1v) is 4.52. The van der Waals surface area contributed by atoms with E-state index in [4.69, 9.17) is 23.2 Å². The Bertz CT molecular complexity index is 468. The third kappa shape index (κ3) is 1.60. The predicted molar refractivity (Wildman–Crippen MR) is 54.3 cm³/mol. The first-order valence-electron chi connectivity index (χ1n) is 3.76. The van der Waals surface area contributed by atoms with Crippen molar-refractivity contribution in [1.82, 2.24) is 9.97 Å². The number of pyridine rings is 2. The van der Waals surface area contributed by atoms with Gasteiger partial charge in [-0.15, -0.1) is 0 Å². The fourth-order valence-electron chi connectivity index (χ4n) is 1.11. The van der Waals surface area contributed by atoms with E-state index in [9.17, 15) is 0 Å². The van der Waals surface area contributed by atoms with Crippen LogP contribution in [0.25, 0.3) is 11.0 Å². The minimum atomic E-state index is 0.430. The standard InChI is InChI=1S/C9H6Cl2N2/c1-5-4-6-2-3-7(10)12-9(6)13-8(5)11/h2-4H,1H3. The molecule has 2 aromatic rings. The van der Waals surface area contributed by atoms with Crippen LogP contribution < -0.4 is 0 Å². The van der Waals surface area contributed by atoms with Gasteiger partial charge >= 0.3 is 0 Å². The van der Waals surface area contributed by atoms with Crippen molar-refractivity contribution >= 4 is 34.2 Å². The summed E-state index contributed by atoms with van der Waals surface area (Å²) >= 11 is 11.6. The van der Waals surface area contributed by atoms with Crippen LogP contribution >= 0.6 is 23.2 Å². The van der Waals surface area contributed by atoms with Crippen molar-refractivity contribution in [3.05, 3.63) is 34.1 Å². The topological polar surface area (TPSA) is 25.8 Å². The van der Waals surface area contributed by atoms with Gasteiger partial charge in [-0.3, -0.25) is 0 Å². The lowest BCUT2D eigenvalue weighted by Gasteiger charge is -2.00. The number of hydrogen-bond acceptors (Lipinski definition) is 2. The Morgan fingerprint density at radius 2 is 1.92 bits per heavy atom. The van der Waals surface area contributed by atoms with Crippen LogP contribution in [-0.2, 0) is 0 Å². The Morgan fingerprint density at radius 3 is 2.69 bits per heavy atom. The van der Waals surface area contributed by atoms with Crippen molar-refractivity contribution in [2.24, 2.45) is 0 Å². The van der Waals surface area contributed by atoms with E-state index in [1.54, 1.807) is 6.07 Å². The minimum Gasteiger partial charge on any atom is -0.216 e. The number of nitrogens with zero attached hydrogens (tertiary/aromatic N) is 2. The van der Waals surface area contributed by atoms with E-state index in [0.29, 0.717) is 16.0 Å². The van der Waals surface area contributed by atoms with Crippen molar-refractivity contribution in [2.75, 3.05) is 0 Å². The number of fused-ring (bicyclic) bond motifs is 1. The molecule has 2 nitrogen and oxygen atoms in total. The van der Waals surface area contributed by atoms with Crippen molar-refractivity contribution in [3.8, 4) is 0 Å². The SMILES string of the molecule is Cc1cc2ccc(Cl)nc2nc1Cl. The molecule has 0 aromatic carbocycles. The summed E-state index contributed by atoms with van der Waals surface area (Å²) in [4.78, 5) is 8.15. The molecule has 0 amide bonds. The van der Waals surface area contributed by atoms with Crippen LogP contribution in [0, 0.1) is 6.92 Å². The van der Waals surface area contributed by atoms with Crippen molar-refractivity contribution in [3.63, 3.8) is 0 Å². The number of rotatable bonds is 0. The Hall–Kier alpha value is -0.860. The van der Waals surface area contributed by atoms with Crippen LogP contribution in [0.3, 0.4) is 0 Å². The number of halogens is 2. The zero-order chi connectivity index (χ0) is 9.42. The molecular weight excluding hydrogens is 207 g/mol. The minimum absolute atomic E-state index is 0.430. The Kier molecular flexibility index (Phi) is 2.10. The highest BCUT2D eigenvalue weighted by Crippen LogP contribution is 2.19. The summed E-state index contributed by atoms with van der Waals surface area (Å²) in [6.45, 7) is 1.91. The molecule has 0 unspecified atom stereocenters. The van der Waals surface area contributed by atoms with E-state index < -0.39 is 0 Å². The van der Waals surface area contributed by atoms with Crippen molar-refractivity contribution in [2.45, 2.75) is 6.92 Å². The maximum Gasteiger partial charge on any atom is 0.162 e. The molecule has 2 rings (SSSR count). The highest BCUT2D eigenvalue weighted by molar-refractivity contribution is 6.31. The smallest absolute Gasteiger partial charge is 0.162 e. The molecule has 0 N–H and O–H groups in total. The molecule has 0 spiro atoms. The van der Waals surface area contributed by atoms with Crippen molar-refractivity contribution < 1.29 is 0 Å². The van der Waals surface area contributed by atoms with Gasteiger partial charge in [-0.2, -0.15) is 0 Å². The molecule has 0 fully saturated rings. The molecule has 0 saturated heterocycles. The first-order chi connectivity index (χ1) is 6.16. The van der Waals surface area contributed by atoms with Gasteiger partial charge in [0.05, 0.1) is 0 Å². The molecule has 4 heteroatoms. The van der Waals surface area contributed by atoms with E-state index in [0.717, 1.165) is 10.9 Å². The largest absolute Gasteiger partial charge is 0.216 e. The molecule has 0 aliphatic heterocycles. The van der Waals surface area contributed by atoms with Gasteiger partial charge < -0.3 is 0 Å². The average molecular weight is 213 g/mol. The summed E-state index contributed by atoms with van der Waals surface area (Å²) in [5.41, 5.74) is 1.53. The van der Waals surface area contributed by atoms with Crippen LogP contribution in [0.1, 0.15) is 5.56 Å². The van der Waals surface area contributed by atoms with E-state index in [1.807, 2.05) is 19.1 Å². The highest BCUT2D eigenvalue weighted by Gasteiger charge is 2.02. The van der Waals surface area contributed by atoms with Crippen LogP contribution in [0.2, 0.25) is 10.3 Å². The summed E-state index contributed by atoms with van der Waals surface area (Å²) < 4.78 is 0. The summed E-state index contributed by atoms with van der Waals surface area (Å²) in [5, 5.41) is 1.86. The van der Waals surface area contributed by atoms with Gasteiger partial charge in [-0.05, 0) is 30.7 Å². The van der Waals surface area contributed by atoms with Gasteiger partial charge in [0.15, 0.2) is 5.65 Å². The summed E-state index contributed by atoms with van der Waals surface area (Å²) in [6.07, 6.45) is 0. The lowest BCUT2D eigenvalue weighted by Crippen LogP contribution is -1.87. The third-order valence-electron chi connectivity index (χ3n) is 1.77. The first kappa shape index (κ1) is 8.73. The van der Waals surface area contributed by atoms with Gasteiger partial charge in [0.1, 0.15) is 10.3 Å². The fourth-order valence-corrected chi connectivity index (χ4v) is 1.39. The second-order valence-electron chi connectivity index (χ2n) is 2.78. The summed E-state index contributed by atoms with van der Waals surface area (Å²) in [6, 6.07) is 5.55. The molecule has 0 radical (unpaired) electrons. The second-order valence-corrected chi connectivity index (χ2v) is 3.52. The van der Waals surface area contributed by atoms with Crippen molar-refractivity contribution in [1.29, 1.82) is 0 Å². The lowest BCUT2D eigenvalue weighted by atomic mass is 10.2. The third-order valence-corrected chi connectivity index (χ3v) is 2.37. The van der Waals surface area contributed by atoms with Crippen LogP contribution in [0.5, 0.6) is 0 Å². The Morgan fingerprint density at radius 1 is 1.15 bits per heavy atom. The van der Waals surface area contributed by atoms with Crippen LogP contribution in [-0.4, -0.2) is 9.97 Å². The quantitative estimate of drug-likeness (QED) is 0.627. The molecule has 0 aliphatic carbocycles.